The highest BCUT2D eigenvalue weighted by atomic mass is 19.1. The van der Waals surface area contributed by atoms with Crippen LogP contribution < -0.4 is 9.47 Å². The van der Waals surface area contributed by atoms with Crippen molar-refractivity contribution in [2.75, 3.05) is 41.0 Å². The SMILES string of the molecule is COCCCn1cc(CN(C(=O)[C@H]2CN(C(=O)OC(C)(C)C)CC[C@@H]2c2cn(Cc3cc(OC)cc(OC)c3)c3ccccc23)C2CC2)c2c(F)cccc21. The maximum Gasteiger partial charge on any atom is 0.410 e. The molecule has 5 aromatic rings. The van der Waals surface area contributed by atoms with E-state index in [1.807, 2.05) is 68.3 Å². The Bertz CT molecular complexity index is 2140. The van der Waals surface area contributed by atoms with E-state index in [-0.39, 0.29) is 36.8 Å². The molecule has 292 valence electrons. The van der Waals surface area contributed by atoms with E-state index in [2.05, 4.69) is 27.5 Å². The molecule has 2 fully saturated rings. The molecular formula is C44H53FN4O6. The number of nitrogens with zero attached hydrogens (tertiary/aromatic N) is 4. The molecule has 1 aliphatic heterocycles. The molecule has 2 aromatic heterocycles. The lowest BCUT2D eigenvalue weighted by Crippen LogP contribution is -2.51. The minimum Gasteiger partial charge on any atom is -0.497 e. The van der Waals surface area contributed by atoms with Gasteiger partial charge >= 0.3 is 6.09 Å². The number of carbonyl (C=O) groups excluding carboxylic acids is 2. The third-order valence-electron chi connectivity index (χ3n) is 10.9. The Kier molecular flexibility index (Phi) is 11.1. The standard InChI is InChI=1S/C44H53FN4O6/c1-44(2,3)55-43(51)47-19-17-34(36-27-48(39-13-8-7-11-35(36)39)24-29-21-32(53-5)23-33(22-29)54-6)37(28-47)42(50)49(31-15-16-31)26-30-25-46(18-10-20-52-4)40-14-9-12-38(45)41(30)40/h7-9,11-14,21-23,25,27,31,34,37H,10,15-20,24,26,28H2,1-6H3/t34-,37+/m1/s1. The molecule has 7 rings (SSSR count). The van der Waals surface area contributed by atoms with Gasteiger partial charge in [0.25, 0.3) is 0 Å². The molecule has 0 spiro atoms. The third kappa shape index (κ3) is 8.32. The molecule has 10 nitrogen and oxygen atoms in total. The minimum absolute atomic E-state index is 0.0215. The van der Waals surface area contributed by atoms with Gasteiger partial charge in [0.1, 0.15) is 22.9 Å². The Morgan fingerprint density at radius 3 is 2.31 bits per heavy atom. The summed E-state index contributed by atoms with van der Waals surface area (Å²) in [4.78, 5) is 32.4. The summed E-state index contributed by atoms with van der Waals surface area (Å²) < 4.78 is 42.2. The van der Waals surface area contributed by atoms with Crippen LogP contribution in [0.2, 0.25) is 0 Å². The first-order valence-electron chi connectivity index (χ1n) is 19.3. The lowest BCUT2D eigenvalue weighted by molar-refractivity contribution is -0.139. The molecule has 55 heavy (non-hydrogen) atoms. The van der Waals surface area contributed by atoms with Crippen molar-refractivity contribution >= 4 is 33.8 Å². The summed E-state index contributed by atoms with van der Waals surface area (Å²) >= 11 is 0. The second kappa shape index (κ2) is 16.0. The summed E-state index contributed by atoms with van der Waals surface area (Å²) in [6.07, 6.45) is 6.90. The van der Waals surface area contributed by atoms with Gasteiger partial charge in [-0.1, -0.05) is 24.3 Å². The number of benzene rings is 3. The van der Waals surface area contributed by atoms with Crippen molar-refractivity contribution in [3.8, 4) is 11.5 Å². The Balaban J connectivity index is 1.26. The number of ether oxygens (including phenoxy) is 4. The molecule has 2 aliphatic rings. The first-order valence-corrected chi connectivity index (χ1v) is 19.3. The maximum absolute atomic E-state index is 15.6. The van der Waals surface area contributed by atoms with Crippen LogP contribution in [0, 0.1) is 11.7 Å². The minimum atomic E-state index is -0.675. The quantitative estimate of drug-likeness (QED) is 0.112. The molecule has 3 heterocycles. The van der Waals surface area contributed by atoms with Crippen LogP contribution in [0.3, 0.4) is 0 Å². The molecule has 0 radical (unpaired) electrons. The van der Waals surface area contributed by atoms with E-state index in [1.165, 1.54) is 6.07 Å². The highest BCUT2D eigenvalue weighted by molar-refractivity contribution is 5.89. The van der Waals surface area contributed by atoms with Crippen LogP contribution in [0.1, 0.15) is 69.1 Å². The Morgan fingerprint density at radius 2 is 1.62 bits per heavy atom. The fourth-order valence-electron chi connectivity index (χ4n) is 8.17. The molecule has 11 heteroatoms. The van der Waals surface area contributed by atoms with E-state index in [9.17, 15) is 4.79 Å². The zero-order valence-electron chi connectivity index (χ0n) is 32.8. The number of fused-ring (bicyclic) bond motifs is 2. The van der Waals surface area contributed by atoms with Gasteiger partial charge in [-0.15, -0.1) is 0 Å². The number of hydrogen-bond acceptors (Lipinski definition) is 6. The molecule has 1 saturated heterocycles. The smallest absolute Gasteiger partial charge is 0.410 e. The van der Waals surface area contributed by atoms with Crippen molar-refractivity contribution in [2.24, 2.45) is 5.92 Å². The molecule has 0 N–H and O–H groups in total. The predicted molar refractivity (Wildman–Crippen MR) is 211 cm³/mol. The topological polar surface area (TPSA) is 87.4 Å². The predicted octanol–water partition coefficient (Wildman–Crippen LogP) is 8.37. The maximum atomic E-state index is 15.6. The molecule has 2 amide bonds. The largest absolute Gasteiger partial charge is 0.497 e. The number of para-hydroxylation sites is 1. The van der Waals surface area contributed by atoms with Crippen molar-refractivity contribution in [1.82, 2.24) is 18.9 Å². The van der Waals surface area contributed by atoms with E-state index in [4.69, 9.17) is 18.9 Å². The molecule has 0 bridgehead atoms. The van der Waals surface area contributed by atoms with Gasteiger partial charge in [0, 0.05) is 93.1 Å². The zero-order valence-corrected chi connectivity index (χ0v) is 32.8. The summed E-state index contributed by atoms with van der Waals surface area (Å²) in [5.74, 6) is 0.387. The molecular weight excluding hydrogens is 700 g/mol. The number of halogens is 1. The van der Waals surface area contributed by atoms with Crippen molar-refractivity contribution in [3.05, 3.63) is 95.6 Å². The Morgan fingerprint density at radius 1 is 0.891 bits per heavy atom. The highest BCUT2D eigenvalue weighted by Crippen LogP contribution is 2.42. The average molecular weight is 753 g/mol. The van der Waals surface area contributed by atoms with Gasteiger partial charge < -0.3 is 37.9 Å². The number of aromatic nitrogens is 2. The van der Waals surface area contributed by atoms with Crippen LogP contribution in [-0.2, 0) is 33.9 Å². The van der Waals surface area contributed by atoms with Crippen LogP contribution >= 0.6 is 0 Å². The van der Waals surface area contributed by atoms with Crippen molar-refractivity contribution in [1.29, 1.82) is 0 Å². The summed E-state index contributed by atoms with van der Waals surface area (Å²) in [5.41, 5.74) is 4.06. The average Bonchev–Trinajstić information content (AvgIpc) is 3.87. The summed E-state index contributed by atoms with van der Waals surface area (Å²) in [6, 6.07) is 19.4. The van der Waals surface area contributed by atoms with Gasteiger partial charge in [0.2, 0.25) is 5.91 Å². The summed E-state index contributed by atoms with van der Waals surface area (Å²) in [6.45, 7) is 8.36. The van der Waals surface area contributed by atoms with Crippen LogP contribution in [-0.4, -0.2) is 83.6 Å². The van der Waals surface area contributed by atoms with Crippen LogP contribution in [0.4, 0.5) is 9.18 Å². The summed E-state index contributed by atoms with van der Waals surface area (Å²) in [5, 5.41) is 1.62. The molecule has 3 aromatic carbocycles. The van der Waals surface area contributed by atoms with Gasteiger partial charge in [-0.3, -0.25) is 4.79 Å². The number of aryl methyl sites for hydroxylation is 1. The monoisotopic (exact) mass is 752 g/mol. The van der Waals surface area contributed by atoms with E-state index in [0.29, 0.717) is 49.5 Å². The molecule has 0 unspecified atom stereocenters. The van der Waals surface area contributed by atoms with E-state index >= 15 is 9.18 Å². The number of likely N-dealkylation sites (tertiary alicyclic amines) is 1. The number of piperidine rings is 1. The van der Waals surface area contributed by atoms with Crippen LogP contribution in [0.25, 0.3) is 21.8 Å². The lowest BCUT2D eigenvalue weighted by atomic mass is 9.79. The third-order valence-corrected chi connectivity index (χ3v) is 10.9. The number of amides is 2. The zero-order chi connectivity index (χ0) is 38.9. The normalized spacial score (nSPS) is 17.5. The second-order valence-corrected chi connectivity index (χ2v) is 15.9. The van der Waals surface area contributed by atoms with Crippen molar-refractivity contribution in [2.45, 2.75) is 83.6 Å². The second-order valence-electron chi connectivity index (χ2n) is 15.9. The van der Waals surface area contributed by atoms with Crippen LogP contribution in [0.5, 0.6) is 11.5 Å². The lowest BCUT2D eigenvalue weighted by Gasteiger charge is -2.40. The van der Waals surface area contributed by atoms with Gasteiger partial charge in [-0.25, -0.2) is 9.18 Å². The number of carbonyl (C=O) groups is 2. The van der Waals surface area contributed by atoms with E-state index in [0.717, 1.165) is 52.4 Å². The first-order chi connectivity index (χ1) is 26.5. The van der Waals surface area contributed by atoms with Crippen LogP contribution in [0.15, 0.2) is 73.1 Å². The van der Waals surface area contributed by atoms with Gasteiger partial charge in [0.15, 0.2) is 0 Å². The van der Waals surface area contributed by atoms with Gasteiger partial charge in [-0.05, 0) is 93.5 Å². The fourth-order valence-corrected chi connectivity index (χ4v) is 8.17. The van der Waals surface area contributed by atoms with Crippen molar-refractivity contribution < 1.29 is 32.9 Å². The summed E-state index contributed by atoms with van der Waals surface area (Å²) in [7, 11) is 4.96. The molecule has 2 atom stereocenters. The Hall–Kier alpha value is -5.03. The molecule has 1 aliphatic carbocycles. The van der Waals surface area contributed by atoms with E-state index < -0.39 is 17.6 Å². The molecule has 1 saturated carbocycles. The van der Waals surface area contributed by atoms with E-state index in [1.54, 1.807) is 32.3 Å². The Labute approximate surface area is 322 Å². The number of rotatable bonds is 13. The fraction of sp³-hybridized carbons (Fsp3) is 0.455. The van der Waals surface area contributed by atoms with Gasteiger partial charge in [-0.2, -0.15) is 0 Å². The van der Waals surface area contributed by atoms with Gasteiger partial charge in [0.05, 0.1) is 25.7 Å². The number of hydrogen-bond donors (Lipinski definition) is 0. The number of methoxy groups -OCH3 is 3. The first kappa shape index (κ1) is 38.3. The van der Waals surface area contributed by atoms with Crippen molar-refractivity contribution in [3.63, 3.8) is 0 Å². The highest BCUT2D eigenvalue weighted by Gasteiger charge is 2.44.